The van der Waals surface area contributed by atoms with Gasteiger partial charge in [0, 0.05) is 57.2 Å². The second-order valence-electron chi connectivity index (χ2n) is 18.2. The van der Waals surface area contributed by atoms with Crippen LogP contribution in [0.2, 0.25) is 0 Å². The van der Waals surface area contributed by atoms with E-state index in [1.165, 1.54) is 38.1 Å². The maximum atomic E-state index is 13.8. The topological polar surface area (TPSA) is 330 Å². The van der Waals surface area contributed by atoms with Crippen LogP contribution < -0.4 is 32.3 Å². The van der Waals surface area contributed by atoms with Gasteiger partial charge in [0.2, 0.25) is 35.4 Å². The van der Waals surface area contributed by atoms with Crippen molar-refractivity contribution in [1.82, 2.24) is 31.5 Å². The Morgan fingerprint density at radius 1 is 0.757 bits per heavy atom. The van der Waals surface area contributed by atoms with E-state index in [2.05, 4.69) is 47.4 Å². The van der Waals surface area contributed by atoms with Crippen LogP contribution in [0.3, 0.4) is 0 Å². The van der Waals surface area contributed by atoms with Crippen LogP contribution in [0.4, 0.5) is 4.79 Å². The number of carboxylic acid groups (broad SMARTS) is 1. The number of unbranched alkanes of at least 4 members (excludes halogenated alkanes) is 1. The molecule has 0 bridgehead atoms. The van der Waals surface area contributed by atoms with Crippen molar-refractivity contribution in [3.8, 4) is 5.75 Å². The van der Waals surface area contributed by atoms with Gasteiger partial charge in [0.1, 0.15) is 29.7 Å². The number of likely N-dealkylation sites (tertiary alicyclic amines) is 1. The van der Waals surface area contributed by atoms with Crippen molar-refractivity contribution < 1.29 is 77.0 Å². The number of imide groups is 1. The molecule has 1 fully saturated rings. The van der Waals surface area contributed by atoms with E-state index in [0.717, 1.165) is 10.8 Å². The maximum absolute atomic E-state index is 13.8. The van der Waals surface area contributed by atoms with Gasteiger partial charge in [-0.3, -0.25) is 33.7 Å². The average Bonchev–Trinajstić information content (AvgIpc) is 3.57. The van der Waals surface area contributed by atoms with E-state index in [1.54, 1.807) is 6.92 Å². The molecular formula is C51H87N7O16. The van der Waals surface area contributed by atoms with Crippen molar-refractivity contribution in [1.29, 1.82) is 0 Å². The largest absolute Gasteiger partial charge is 0.508 e. The zero-order chi connectivity index (χ0) is 55.9. The molecule has 1 unspecified atom stereocenters. The number of urea groups is 1. The van der Waals surface area contributed by atoms with Gasteiger partial charge in [-0.2, -0.15) is 0 Å². The number of phenolic OH excluding ortho intramolecular Hbond substituents is 1. The lowest BCUT2D eigenvalue weighted by molar-refractivity contribution is -0.144. The molecule has 9 N–H and O–H groups in total. The Kier molecular flexibility index (Phi) is 37.5. The number of hydrogen-bond acceptors (Lipinski definition) is 15. The molecule has 23 heteroatoms. The fraction of sp³-hybridized carbons (Fsp3) is 0.706. The van der Waals surface area contributed by atoms with Crippen LogP contribution in [0.25, 0.3) is 0 Å². The number of aliphatic carboxylic acids is 1. The summed E-state index contributed by atoms with van der Waals surface area (Å²) >= 11 is 0. The first-order valence-corrected chi connectivity index (χ1v) is 25.6. The van der Waals surface area contributed by atoms with Gasteiger partial charge in [0.25, 0.3) is 0 Å². The number of hydrogen-bond donors (Lipinski definition) is 8. The molecule has 0 radical (unpaired) electrons. The standard InChI is InChI=1S/C45H71N7O16.C4H10.C2H6/c1-31-27-39(57)52(41(31)59)30-38(56)48-16-18-65-20-22-67-24-26-68-25-23-66-21-19-64-17-12-37(55)47-14-5-4-13-45(3,51-40(58)34(28-32(2)53)7-6-15-49-44(46)63)43(62)50-36(42(60)61)29-33-8-10-35(54)11-9-33;1-4(2)3;1-2/h8-11,31,34,36,54H,4-7,12-30H2,1-3H3,(H,47,55)(H,48,56)(H,50,62)(H,51,58)(H,60,61)(H3,46,49,63);4H,1-3H3;1-2H3/t31?,34-,36+,45-;;/m1../s1. The monoisotopic (exact) mass is 1050 g/mol. The minimum atomic E-state index is -1.62. The molecule has 1 saturated heterocycles. The molecule has 1 aromatic rings. The van der Waals surface area contributed by atoms with Gasteiger partial charge in [-0.15, -0.1) is 0 Å². The molecule has 1 aliphatic rings. The number of nitrogens with two attached hydrogens (primary N) is 1. The Hall–Kier alpha value is -5.75. The van der Waals surface area contributed by atoms with Gasteiger partial charge in [-0.05, 0) is 69.6 Å². The highest BCUT2D eigenvalue weighted by Gasteiger charge is 2.39. The van der Waals surface area contributed by atoms with Crippen LogP contribution in [0.1, 0.15) is 112 Å². The fourth-order valence-electron chi connectivity index (χ4n) is 6.77. The summed E-state index contributed by atoms with van der Waals surface area (Å²) in [5, 5.41) is 32.7. The number of carbonyl (C=O) groups is 9. The number of benzene rings is 1. The number of nitrogens with one attached hydrogen (secondary N) is 5. The number of rotatable bonds is 38. The number of nitrogens with zero attached hydrogens (tertiary/aromatic N) is 1. The molecule has 0 saturated carbocycles. The average molecular weight is 1050 g/mol. The number of phenols is 1. The Balaban J connectivity index is 0.00000844. The first-order valence-electron chi connectivity index (χ1n) is 25.6. The van der Waals surface area contributed by atoms with Crippen molar-refractivity contribution in [2.24, 2.45) is 23.5 Å². The summed E-state index contributed by atoms with van der Waals surface area (Å²) in [4.78, 5) is 112. The molecule has 1 aliphatic heterocycles. The number of ketones is 1. The molecule has 1 heterocycles. The lowest BCUT2D eigenvalue weighted by Gasteiger charge is -2.32. The molecule has 4 atom stereocenters. The zero-order valence-electron chi connectivity index (χ0n) is 45.0. The van der Waals surface area contributed by atoms with Crippen LogP contribution in [-0.4, -0.2) is 172 Å². The molecule has 0 spiro atoms. The number of amides is 8. The Labute approximate surface area is 436 Å². The summed E-state index contributed by atoms with van der Waals surface area (Å²) in [6, 6.07) is 3.73. The van der Waals surface area contributed by atoms with E-state index < -0.39 is 53.1 Å². The van der Waals surface area contributed by atoms with Gasteiger partial charge in [0.05, 0.1) is 66.1 Å². The lowest BCUT2D eigenvalue weighted by atomic mass is 9.89. The zero-order valence-corrected chi connectivity index (χ0v) is 45.0. The summed E-state index contributed by atoms with van der Waals surface area (Å²) in [6.45, 7) is 18.3. The third-order valence-corrected chi connectivity index (χ3v) is 10.5. The Morgan fingerprint density at radius 2 is 1.27 bits per heavy atom. The summed E-state index contributed by atoms with van der Waals surface area (Å²) in [5.74, 6) is -4.73. The van der Waals surface area contributed by atoms with E-state index in [1.807, 2.05) is 13.8 Å². The van der Waals surface area contributed by atoms with Crippen molar-refractivity contribution in [3.05, 3.63) is 29.8 Å². The third kappa shape index (κ3) is 33.1. The molecule has 23 nitrogen and oxygen atoms in total. The molecule has 8 amide bonds. The van der Waals surface area contributed by atoms with Crippen LogP contribution in [0, 0.1) is 17.8 Å². The molecule has 2 rings (SSSR count). The van der Waals surface area contributed by atoms with Crippen molar-refractivity contribution in [3.63, 3.8) is 0 Å². The first kappa shape index (κ1) is 68.2. The highest BCUT2D eigenvalue weighted by Crippen LogP contribution is 2.21. The molecular weight excluding hydrogens is 967 g/mol. The van der Waals surface area contributed by atoms with Gasteiger partial charge in [-0.25, -0.2) is 9.59 Å². The predicted octanol–water partition coefficient (Wildman–Crippen LogP) is 2.38. The minimum Gasteiger partial charge on any atom is -0.508 e. The van der Waals surface area contributed by atoms with Crippen LogP contribution >= 0.6 is 0 Å². The Morgan fingerprint density at radius 3 is 1.77 bits per heavy atom. The van der Waals surface area contributed by atoms with E-state index in [0.29, 0.717) is 71.1 Å². The van der Waals surface area contributed by atoms with E-state index in [-0.39, 0.29) is 114 Å². The summed E-state index contributed by atoms with van der Waals surface area (Å²) in [7, 11) is 0. The van der Waals surface area contributed by atoms with Crippen molar-refractivity contribution in [2.45, 2.75) is 125 Å². The first-order chi connectivity index (χ1) is 35.1. The number of primary amides is 1. The van der Waals surface area contributed by atoms with Gasteiger partial charge < -0.3 is 71.0 Å². The van der Waals surface area contributed by atoms with Crippen LogP contribution in [0.15, 0.2) is 24.3 Å². The highest BCUT2D eigenvalue weighted by molar-refractivity contribution is 6.05. The summed E-state index contributed by atoms with van der Waals surface area (Å²) < 4.78 is 27.2. The molecule has 0 aromatic heterocycles. The summed E-state index contributed by atoms with van der Waals surface area (Å²) in [5.41, 5.74) is 4.04. The van der Waals surface area contributed by atoms with E-state index in [9.17, 15) is 53.4 Å². The predicted molar refractivity (Wildman–Crippen MR) is 274 cm³/mol. The highest BCUT2D eigenvalue weighted by atomic mass is 16.6. The fourth-order valence-corrected chi connectivity index (χ4v) is 6.77. The minimum absolute atomic E-state index is 0.0111. The lowest BCUT2D eigenvalue weighted by Crippen LogP contribution is -2.60. The normalized spacial score (nSPS) is 14.6. The molecule has 0 aliphatic carbocycles. The third-order valence-electron chi connectivity index (χ3n) is 10.5. The number of carbonyl (C=O) groups excluding carboxylic acids is 8. The van der Waals surface area contributed by atoms with Gasteiger partial charge >= 0.3 is 12.0 Å². The Bertz CT molecular complexity index is 1830. The smallest absolute Gasteiger partial charge is 0.326 e. The van der Waals surface area contributed by atoms with E-state index in [4.69, 9.17) is 29.4 Å². The molecule has 74 heavy (non-hydrogen) atoms. The molecule has 1 aromatic carbocycles. The second-order valence-corrected chi connectivity index (χ2v) is 18.2. The van der Waals surface area contributed by atoms with Crippen molar-refractivity contribution >= 4 is 53.2 Å². The van der Waals surface area contributed by atoms with Crippen LogP contribution in [0.5, 0.6) is 5.75 Å². The number of ether oxygens (including phenoxy) is 5. The number of carboxylic acids is 1. The van der Waals surface area contributed by atoms with Gasteiger partial charge in [0.15, 0.2) is 0 Å². The van der Waals surface area contributed by atoms with E-state index >= 15 is 0 Å². The SMILES string of the molecule is CC.CC(=O)C[C@@H](CCCNC(N)=O)C(=O)N[C@](C)(CCCCNC(=O)CCOCCOCCOCCOCCOCCNC(=O)CN1C(=O)CC(C)C1=O)C(=O)N[C@@H](Cc1ccc(O)cc1)C(=O)O.CC(C)C. The van der Waals surface area contributed by atoms with Crippen molar-refractivity contribution in [2.75, 3.05) is 92.2 Å². The maximum Gasteiger partial charge on any atom is 0.326 e. The van der Waals surface area contributed by atoms with Crippen LogP contribution in [-0.2, 0) is 68.5 Å². The number of Topliss-reactive ketones (excluding diaryl/α,β-unsaturated/α-hetero) is 1. The quantitative estimate of drug-likeness (QED) is 0.0348. The molecule has 422 valence electrons. The van der Waals surface area contributed by atoms with Gasteiger partial charge in [-0.1, -0.05) is 53.7 Å². The number of aromatic hydroxyl groups is 1. The summed E-state index contributed by atoms with van der Waals surface area (Å²) in [6.07, 6.45) is 1.31. The second kappa shape index (κ2) is 40.6.